The van der Waals surface area contributed by atoms with Crippen LogP contribution in [0.15, 0.2) is 48.5 Å². The van der Waals surface area contributed by atoms with Crippen LogP contribution in [0.25, 0.3) is 0 Å². The van der Waals surface area contributed by atoms with Gasteiger partial charge in [-0.05, 0) is 78.1 Å². The van der Waals surface area contributed by atoms with Crippen LogP contribution in [0.3, 0.4) is 0 Å². The van der Waals surface area contributed by atoms with Gasteiger partial charge in [-0.2, -0.15) is 0 Å². The molecule has 0 aliphatic heterocycles. The third kappa shape index (κ3) is 3.88. The van der Waals surface area contributed by atoms with E-state index in [0.717, 1.165) is 12.8 Å². The highest BCUT2D eigenvalue weighted by Crippen LogP contribution is 2.65. The van der Waals surface area contributed by atoms with Crippen LogP contribution < -0.4 is 21.1 Å². The zero-order valence-electron chi connectivity index (χ0n) is 19.2. The minimum absolute atomic E-state index is 0.0158. The van der Waals surface area contributed by atoms with E-state index in [1.54, 1.807) is 0 Å². The number of fused-ring (bicyclic) bond motifs is 2. The molecule has 2 bridgehead atoms. The minimum Gasteiger partial charge on any atom is -0.733 e. The first-order valence-corrected chi connectivity index (χ1v) is 11.1. The largest absolute Gasteiger partial charge is 0.733 e. The van der Waals surface area contributed by atoms with Gasteiger partial charge in [0.2, 0.25) is 0 Å². The van der Waals surface area contributed by atoms with Gasteiger partial charge in [-0.15, -0.1) is 0 Å². The molecule has 10 nitrogen and oxygen atoms in total. The van der Waals surface area contributed by atoms with Gasteiger partial charge in [0.15, 0.2) is 0 Å². The highest BCUT2D eigenvalue weighted by atomic mass is 16.8. The molecular formula is C24H28N4O6-2. The Bertz CT molecular complexity index is 1070. The van der Waals surface area contributed by atoms with Crippen LogP contribution in [-0.4, -0.2) is 34.3 Å². The van der Waals surface area contributed by atoms with E-state index in [1.165, 1.54) is 48.5 Å². The summed E-state index contributed by atoms with van der Waals surface area (Å²) in [4.78, 5) is 26.1. The Labute approximate surface area is 197 Å². The van der Waals surface area contributed by atoms with Crippen molar-refractivity contribution in [3.8, 4) is 0 Å². The normalized spacial score (nSPS) is 26.7. The number of nitrogens with one attached hydrogen (secondary N) is 2. The van der Waals surface area contributed by atoms with Crippen LogP contribution in [0, 0.1) is 27.2 Å². The quantitative estimate of drug-likeness (QED) is 0.471. The lowest BCUT2D eigenvalue weighted by Crippen LogP contribution is -2.57. The van der Waals surface area contributed by atoms with Crippen LogP contribution >= 0.6 is 0 Å². The van der Waals surface area contributed by atoms with Crippen LogP contribution in [-0.2, 0) is 0 Å². The van der Waals surface area contributed by atoms with E-state index in [9.17, 15) is 20.0 Å². The van der Waals surface area contributed by atoms with E-state index in [1.807, 2.05) is 0 Å². The summed E-state index contributed by atoms with van der Waals surface area (Å²) in [7, 11) is 0. The molecule has 0 spiro atoms. The van der Waals surface area contributed by atoms with Crippen molar-refractivity contribution >= 4 is 23.2 Å². The molecule has 0 heterocycles. The number of hydrogen-bond donors (Lipinski definition) is 4. The molecule has 182 valence electrons. The molecule has 2 fully saturated rings. The Morgan fingerprint density at radius 1 is 0.853 bits per heavy atom. The molecule has 2 aliphatic carbocycles. The maximum atomic E-state index is 13.1. The minimum atomic E-state index is -0.335. The Kier molecular flexibility index (Phi) is 6.03. The fourth-order valence-corrected chi connectivity index (χ4v) is 5.75. The van der Waals surface area contributed by atoms with Crippen LogP contribution in [0.1, 0.15) is 54.3 Å². The second kappa shape index (κ2) is 8.55. The summed E-state index contributed by atoms with van der Waals surface area (Å²) in [5.41, 5.74) is 0.303. The number of carbonyl (C=O) groups excluding carboxylic acids is 2. The summed E-state index contributed by atoms with van der Waals surface area (Å²) in [6.07, 6.45) is 1.82. The molecular weight excluding hydrogens is 440 g/mol. The number of benzene rings is 2. The second-order valence-corrected chi connectivity index (χ2v) is 9.87. The van der Waals surface area contributed by atoms with E-state index in [0.29, 0.717) is 11.1 Å². The number of anilines is 2. The van der Waals surface area contributed by atoms with Crippen LogP contribution in [0.4, 0.5) is 11.4 Å². The average molecular weight is 469 g/mol. The molecule has 2 amide bonds. The Morgan fingerprint density at radius 2 is 1.29 bits per heavy atom. The fraction of sp³-hybridized carbons (Fsp3) is 0.417. The predicted molar refractivity (Wildman–Crippen MR) is 125 cm³/mol. The van der Waals surface area contributed by atoms with E-state index < -0.39 is 0 Å². The van der Waals surface area contributed by atoms with Crippen LogP contribution in [0.2, 0.25) is 0 Å². The summed E-state index contributed by atoms with van der Waals surface area (Å²) in [6.45, 7) is 6.45. The first-order valence-electron chi connectivity index (χ1n) is 11.1. The highest BCUT2D eigenvalue weighted by molar-refractivity contribution is 5.96. The Morgan fingerprint density at radius 3 is 1.74 bits per heavy atom. The maximum Gasteiger partial charge on any atom is 0.251 e. The molecule has 10 heteroatoms. The Hall–Kier alpha value is -3.18. The third-order valence-corrected chi connectivity index (χ3v) is 8.14. The molecule has 4 atom stereocenters. The van der Waals surface area contributed by atoms with E-state index in [2.05, 4.69) is 31.4 Å². The van der Waals surface area contributed by atoms with E-state index in [-0.39, 0.29) is 62.5 Å². The first-order chi connectivity index (χ1) is 16.0. The van der Waals surface area contributed by atoms with Crippen LogP contribution in [0.5, 0.6) is 0 Å². The molecule has 34 heavy (non-hydrogen) atoms. The fourth-order valence-electron chi connectivity index (χ4n) is 5.75. The van der Waals surface area contributed by atoms with Gasteiger partial charge in [0.05, 0.1) is 23.5 Å². The number of amides is 2. The van der Waals surface area contributed by atoms with Crippen molar-refractivity contribution in [2.45, 2.75) is 45.7 Å². The number of rotatable bonds is 6. The van der Waals surface area contributed by atoms with Crippen molar-refractivity contribution in [1.29, 1.82) is 0 Å². The molecule has 4 N–H and O–H groups in total. The molecule has 2 aliphatic rings. The summed E-state index contributed by atoms with van der Waals surface area (Å²) >= 11 is 0. The molecule has 4 unspecified atom stereocenters. The SMILES string of the molecule is CC1(C)C2CCC1(C)C(NC(=O)c1ccc(N([O-])O)cc1)C2NC(=O)c1ccc(N([O-])O)cc1. The van der Waals surface area contributed by atoms with Gasteiger partial charge in [0.1, 0.15) is 0 Å². The lowest BCUT2D eigenvalue weighted by molar-refractivity contribution is 0.0781. The third-order valence-electron chi connectivity index (χ3n) is 8.14. The lowest BCUT2D eigenvalue weighted by Gasteiger charge is -2.40. The molecule has 2 aromatic carbocycles. The molecule has 2 saturated carbocycles. The maximum absolute atomic E-state index is 13.1. The monoisotopic (exact) mass is 468 g/mol. The lowest BCUT2D eigenvalue weighted by atomic mass is 9.69. The van der Waals surface area contributed by atoms with Gasteiger partial charge in [-0.1, -0.05) is 20.8 Å². The van der Waals surface area contributed by atoms with Gasteiger partial charge >= 0.3 is 0 Å². The molecule has 0 radical (unpaired) electrons. The van der Waals surface area contributed by atoms with Gasteiger partial charge in [-0.3, -0.25) is 20.0 Å². The van der Waals surface area contributed by atoms with Gasteiger partial charge in [0.25, 0.3) is 11.8 Å². The summed E-state index contributed by atoms with van der Waals surface area (Å²) in [6, 6.07) is 10.6. The van der Waals surface area contributed by atoms with E-state index >= 15 is 0 Å². The average Bonchev–Trinajstić information content (AvgIpc) is 3.12. The summed E-state index contributed by atoms with van der Waals surface area (Å²) < 4.78 is 0. The number of hydrogen-bond acceptors (Lipinski definition) is 8. The number of carbonyl (C=O) groups is 2. The molecule has 0 saturated heterocycles. The van der Waals surface area contributed by atoms with Gasteiger partial charge in [-0.25, -0.2) is 0 Å². The van der Waals surface area contributed by atoms with Gasteiger partial charge in [0, 0.05) is 11.1 Å². The Balaban J connectivity index is 1.56. The van der Waals surface area contributed by atoms with Gasteiger partial charge < -0.3 is 31.5 Å². The van der Waals surface area contributed by atoms with E-state index in [4.69, 9.17) is 10.4 Å². The van der Waals surface area contributed by atoms with Crippen molar-refractivity contribution in [3.63, 3.8) is 0 Å². The predicted octanol–water partition coefficient (Wildman–Crippen LogP) is 3.43. The second-order valence-electron chi connectivity index (χ2n) is 9.87. The van der Waals surface area contributed by atoms with Crippen molar-refractivity contribution in [2.24, 2.45) is 16.7 Å². The summed E-state index contributed by atoms with van der Waals surface area (Å²) in [5.74, 6) is -0.522. The zero-order chi connectivity index (χ0) is 24.8. The smallest absolute Gasteiger partial charge is 0.251 e. The number of nitrogens with zero attached hydrogens (tertiary/aromatic N) is 2. The van der Waals surface area contributed by atoms with Crippen molar-refractivity contribution < 1.29 is 20.0 Å². The zero-order valence-corrected chi connectivity index (χ0v) is 19.2. The van der Waals surface area contributed by atoms with Crippen molar-refractivity contribution in [3.05, 3.63) is 70.1 Å². The van der Waals surface area contributed by atoms with Crippen molar-refractivity contribution in [2.75, 3.05) is 10.5 Å². The molecule has 0 aromatic heterocycles. The molecule has 4 rings (SSSR count). The highest BCUT2D eigenvalue weighted by Gasteiger charge is 2.66. The topological polar surface area (TPSA) is 151 Å². The standard InChI is InChI=1S/C24H28N4O6/c1-23(2)18-12-13-24(23,3)20(26-22(30)15-6-10-17(11-7-15)28(33)34)19(18)25-21(29)14-4-8-16(9-5-14)27(31)32/h4-11,18-20,31,33H,12-13H2,1-3H3,(H,25,29)(H,26,30)/q-2. The molecule has 2 aromatic rings. The first kappa shape index (κ1) is 24.0. The van der Waals surface area contributed by atoms with Crippen molar-refractivity contribution in [1.82, 2.24) is 10.6 Å². The summed E-state index contributed by atoms with van der Waals surface area (Å²) in [5, 5.41) is 45.7.